The van der Waals surface area contributed by atoms with Crippen molar-refractivity contribution in [1.82, 2.24) is 10.2 Å². The molecule has 0 fully saturated rings. The van der Waals surface area contributed by atoms with E-state index in [9.17, 15) is 0 Å². The summed E-state index contributed by atoms with van der Waals surface area (Å²) in [6.07, 6.45) is 0.991. The van der Waals surface area contributed by atoms with Crippen LogP contribution >= 0.6 is 35.3 Å². The van der Waals surface area contributed by atoms with Gasteiger partial charge in [0, 0.05) is 17.0 Å². The standard InChI is InChI=1S/C13H24N4S.HI/c1-13(2,17(3)4)10-16-12(14)15-8-7-11-6-5-9-18-11;/h5-6,9H,7-8,10H2,1-4H3,(H3,14,15,16);1H. The van der Waals surface area contributed by atoms with Crippen molar-refractivity contribution < 1.29 is 0 Å². The molecule has 0 spiro atoms. The lowest BCUT2D eigenvalue weighted by molar-refractivity contribution is 0.205. The molecule has 1 heterocycles. The lowest BCUT2D eigenvalue weighted by Gasteiger charge is -2.30. The number of hydrogen-bond acceptors (Lipinski definition) is 3. The van der Waals surface area contributed by atoms with E-state index in [-0.39, 0.29) is 29.5 Å². The molecular formula is C13H25IN4S. The molecule has 0 aliphatic heterocycles. The number of nitrogens with zero attached hydrogens (tertiary/aromatic N) is 2. The van der Waals surface area contributed by atoms with Crippen LogP contribution in [0.1, 0.15) is 18.7 Å². The molecule has 4 nitrogen and oxygen atoms in total. The summed E-state index contributed by atoms with van der Waals surface area (Å²) in [7, 11) is 4.10. The first kappa shape index (κ1) is 18.7. The Morgan fingerprint density at radius 1 is 1.47 bits per heavy atom. The highest BCUT2D eigenvalue weighted by molar-refractivity contribution is 14.0. The van der Waals surface area contributed by atoms with Gasteiger partial charge < -0.3 is 16.0 Å². The topological polar surface area (TPSA) is 53.6 Å². The molecule has 0 saturated carbocycles. The number of likely N-dealkylation sites (N-methyl/N-ethyl adjacent to an activating group) is 1. The third-order valence-corrected chi connectivity index (χ3v) is 4.04. The van der Waals surface area contributed by atoms with E-state index in [1.54, 1.807) is 11.3 Å². The number of nitrogens with one attached hydrogen (secondary N) is 1. The van der Waals surface area contributed by atoms with Crippen LogP contribution in [0.4, 0.5) is 0 Å². The van der Waals surface area contributed by atoms with Crippen molar-refractivity contribution >= 4 is 41.3 Å². The van der Waals surface area contributed by atoms with Crippen molar-refractivity contribution in [2.24, 2.45) is 10.7 Å². The van der Waals surface area contributed by atoms with Crippen LogP contribution in [-0.4, -0.2) is 43.6 Å². The van der Waals surface area contributed by atoms with E-state index in [4.69, 9.17) is 5.73 Å². The second-order valence-corrected chi connectivity index (χ2v) is 6.20. The van der Waals surface area contributed by atoms with Crippen LogP contribution in [0.3, 0.4) is 0 Å². The molecule has 110 valence electrons. The summed E-state index contributed by atoms with van der Waals surface area (Å²) < 4.78 is 0. The summed E-state index contributed by atoms with van der Waals surface area (Å²) in [5.74, 6) is 0.529. The van der Waals surface area contributed by atoms with Gasteiger partial charge in [-0.1, -0.05) is 6.07 Å². The highest BCUT2D eigenvalue weighted by Gasteiger charge is 2.19. The number of hydrogen-bond donors (Lipinski definition) is 2. The fourth-order valence-corrected chi connectivity index (χ4v) is 1.95. The normalized spacial score (nSPS) is 12.4. The number of nitrogens with two attached hydrogens (primary N) is 1. The third-order valence-electron chi connectivity index (χ3n) is 3.10. The third kappa shape index (κ3) is 7.12. The van der Waals surface area contributed by atoms with Crippen LogP contribution in [0.2, 0.25) is 0 Å². The van der Waals surface area contributed by atoms with Gasteiger partial charge in [-0.25, -0.2) is 0 Å². The van der Waals surface area contributed by atoms with Gasteiger partial charge in [-0.2, -0.15) is 0 Å². The highest BCUT2D eigenvalue weighted by atomic mass is 127. The molecule has 0 saturated heterocycles. The van der Waals surface area contributed by atoms with Crippen molar-refractivity contribution in [2.75, 3.05) is 27.2 Å². The summed E-state index contributed by atoms with van der Waals surface area (Å²) in [6, 6.07) is 4.20. The summed E-state index contributed by atoms with van der Waals surface area (Å²) in [4.78, 5) is 7.89. The molecule has 0 unspecified atom stereocenters. The Kier molecular flexibility index (Phi) is 8.60. The van der Waals surface area contributed by atoms with Crippen LogP contribution in [0.15, 0.2) is 22.5 Å². The summed E-state index contributed by atoms with van der Waals surface area (Å²) in [5.41, 5.74) is 5.87. The van der Waals surface area contributed by atoms with Crippen LogP contribution in [-0.2, 0) is 6.42 Å². The second-order valence-electron chi connectivity index (χ2n) is 5.16. The zero-order chi connectivity index (χ0) is 13.6. The highest BCUT2D eigenvalue weighted by Crippen LogP contribution is 2.10. The molecule has 0 amide bonds. The largest absolute Gasteiger partial charge is 0.370 e. The Morgan fingerprint density at radius 2 is 2.16 bits per heavy atom. The van der Waals surface area contributed by atoms with Crippen LogP contribution in [0, 0.1) is 0 Å². The predicted molar refractivity (Wildman–Crippen MR) is 95.7 cm³/mol. The van der Waals surface area contributed by atoms with E-state index >= 15 is 0 Å². The summed E-state index contributed by atoms with van der Waals surface area (Å²) in [6.45, 7) is 5.82. The first-order chi connectivity index (χ1) is 8.42. The lowest BCUT2D eigenvalue weighted by atomic mass is 10.1. The molecule has 6 heteroatoms. The monoisotopic (exact) mass is 396 g/mol. The minimum atomic E-state index is 0. The van der Waals surface area contributed by atoms with E-state index < -0.39 is 0 Å². The number of halogens is 1. The SMILES string of the molecule is CN(C)C(C)(C)CN=C(N)NCCc1cccs1.I. The minimum Gasteiger partial charge on any atom is -0.370 e. The maximum absolute atomic E-state index is 5.84. The maximum Gasteiger partial charge on any atom is 0.188 e. The fourth-order valence-electron chi connectivity index (χ4n) is 1.24. The van der Waals surface area contributed by atoms with Gasteiger partial charge in [-0.15, -0.1) is 35.3 Å². The van der Waals surface area contributed by atoms with Gasteiger partial charge in [-0.05, 0) is 45.8 Å². The number of rotatable bonds is 6. The van der Waals surface area contributed by atoms with Gasteiger partial charge in [-0.3, -0.25) is 4.99 Å². The van der Waals surface area contributed by atoms with Crippen molar-refractivity contribution in [3.8, 4) is 0 Å². The minimum absolute atomic E-state index is 0. The molecule has 1 aromatic rings. The van der Waals surface area contributed by atoms with Crippen LogP contribution < -0.4 is 11.1 Å². The average molecular weight is 396 g/mol. The Labute approximate surface area is 137 Å². The van der Waals surface area contributed by atoms with Crippen LogP contribution in [0.25, 0.3) is 0 Å². The molecule has 1 rings (SSSR count). The Hall–Kier alpha value is -0.340. The number of aliphatic imine (C=N–C) groups is 1. The molecule has 1 aromatic heterocycles. The molecule has 0 aliphatic rings. The zero-order valence-corrected chi connectivity index (χ0v) is 15.3. The van der Waals surface area contributed by atoms with Gasteiger partial charge in [0.05, 0.1) is 6.54 Å². The molecule has 0 aliphatic carbocycles. The van der Waals surface area contributed by atoms with Gasteiger partial charge >= 0.3 is 0 Å². The molecule has 0 atom stereocenters. The number of thiophene rings is 1. The van der Waals surface area contributed by atoms with Gasteiger partial charge in [0.1, 0.15) is 0 Å². The van der Waals surface area contributed by atoms with E-state index in [1.165, 1.54) is 4.88 Å². The Balaban J connectivity index is 0.00000324. The predicted octanol–water partition coefficient (Wildman–Crippen LogP) is 2.15. The zero-order valence-electron chi connectivity index (χ0n) is 12.1. The fraction of sp³-hybridized carbons (Fsp3) is 0.615. The average Bonchev–Trinajstić information content (AvgIpc) is 2.79. The lowest BCUT2D eigenvalue weighted by Crippen LogP contribution is -2.42. The van der Waals surface area contributed by atoms with E-state index in [0.717, 1.165) is 13.0 Å². The first-order valence-corrected chi connectivity index (χ1v) is 7.03. The van der Waals surface area contributed by atoms with E-state index in [1.807, 2.05) is 0 Å². The first-order valence-electron chi connectivity index (χ1n) is 6.15. The number of guanidine groups is 1. The smallest absolute Gasteiger partial charge is 0.188 e. The molecule has 0 bridgehead atoms. The molecule has 3 N–H and O–H groups in total. The van der Waals surface area contributed by atoms with Gasteiger partial charge in [0.15, 0.2) is 5.96 Å². The molecular weight excluding hydrogens is 371 g/mol. The quantitative estimate of drug-likeness (QED) is 0.440. The van der Waals surface area contributed by atoms with Crippen molar-refractivity contribution in [2.45, 2.75) is 25.8 Å². The Bertz CT molecular complexity index is 374. The molecule has 0 radical (unpaired) electrons. The van der Waals surface area contributed by atoms with E-state index in [0.29, 0.717) is 12.5 Å². The summed E-state index contributed by atoms with van der Waals surface area (Å²) in [5, 5.41) is 5.24. The van der Waals surface area contributed by atoms with E-state index in [2.05, 4.69) is 60.7 Å². The summed E-state index contributed by atoms with van der Waals surface area (Å²) >= 11 is 1.77. The second kappa shape index (κ2) is 8.76. The van der Waals surface area contributed by atoms with Gasteiger partial charge in [0.25, 0.3) is 0 Å². The molecule has 0 aromatic carbocycles. The van der Waals surface area contributed by atoms with Gasteiger partial charge in [0.2, 0.25) is 0 Å². The van der Waals surface area contributed by atoms with Crippen LogP contribution in [0.5, 0.6) is 0 Å². The molecule has 19 heavy (non-hydrogen) atoms. The van der Waals surface area contributed by atoms with Crippen molar-refractivity contribution in [3.63, 3.8) is 0 Å². The van der Waals surface area contributed by atoms with Crippen molar-refractivity contribution in [1.29, 1.82) is 0 Å². The Morgan fingerprint density at radius 3 is 2.68 bits per heavy atom. The van der Waals surface area contributed by atoms with Crippen molar-refractivity contribution in [3.05, 3.63) is 22.4 Å². The maximum atomic E-state index is 5.84.